The van der Waals surface area contributed by atoms with E-state index in [1.165, 1.54) is 21.9 Å². The molecular formula is C20H28O2Si. The molecule has 124 valence electrons. The molecular weight excluding hydrogens is 300 g/mol. The van der Waals surface area contributed by atoms with Gasteiger partial charge in [-0.25, -0.2) is 0 Å². The topological polar surface area (TPSA) is 26.3 Å². The van der Waals surface area contributed by atoms with Gasteiger partial charge >= 0.3 is 0 Å². The van der Waals surface area contributed by atoms with E-state index in [0.29, 0.717) is 13.0 Å². The highest BCUT2D eigenvalue weighted by Crippen LogP contribution is 2.37. The van der Waals surface area contributed by atoms with Crippen molar-refractivity contribution in [3.05, 3.63) is 47.5 Å². The van der Waals surface area contributed by atoms with Crippen LogP contribution in [0.3, 0.4) is 0 Å². The van der Waals surface area contributed by atoms with Gasteiger partial charge in [0.15, 0.2) is 8.32 Å². The quantitative estimate of drug-likeness (QED) is 0.517. The third kappa shape index (κ3) is 4.52. The Bertz CT molecular complexity index is 684. The zero-order chi connectivity index (χ0) is 17.1. The van der Waals surface area contributed by atoms with Crippen LogP contribution in [0.4, 0.5) is 0 Å². The van der Waals surface area contributed by atoms with Crippen LogP contribution in [-0.4, -0.2) is 14.6 Å². The molecule has 2 aromatic carbocycles. The summed E-state index contributed by atoms with van der Waals surface area (Å²) in [4.78, 5) is 10.5. The Kier molecular flexibility index (Phi) is 5.43. The smallest absolute Gasteiger partial charge is 0.192 e. The molecule has 2 aromatic rings. The van der Waals surface area contributed by atoms with Gasteiger partial charge in [-0.1, -0.05) is 51.1 Å². The summed E-state index contributed by atoms with van der Waals surface area (Å²) >= 11 is 0. The molecule has 0 spiro atoms. The standard InChI is InChI=1S/C20H28O2Si/c1-20(2,3)23(4,5)22-15-17-9-11-18-13-16(7-6-12-21)8-10-19(18)14-17/h8-14H,6-7,15H2,1-5H3. The Labute approximate surface area is 141 Å². The summed E-state index contributed by atoms with van der Waals surface area (Å²) in [5, 5.41) is 2.69. The molecule has 2 rings (SSSR count). The van der Waals surface area contributed by atoms with Gasteiger partial charge in [-0.15, -0.1) is 0 Å². The minimum absolute atomic E-state index is 0.233. The second-order valence-electron chi connectivity index (χ2n) is 7.77. The number of hydrogen-bond donors (Lipinski definition) is 0. The lowest BCUT2D eigenvalue weighted by Gasteiger charge is -2.36. The summed E-state index contributed by atoms with van der Waals surface area (Å²) in [5.41, 5.74) is 2.44. The third-order valence-corrected chi connectivity index (χ3v) is 9.40. The maximum absolute atomic E-state index is 10.5. The van der Waals surface area contributed by atoms with Crippen molar-refractivity contribution in [2.75, 3.05) is 0 Å². The molecule has 0 amide bonds. The molecule has 0 N–H and O–H groups in total. The molecule has 0 aliphatic heterocycles. The van der Waals surface area contributed by atoms with E-state index in [4.69, 9.17) is 4.43 Å². The lowest BCUT2D eigenvalue weighted by atomic mass is 10.0. The van der Waals surface area contributed by atoms with E-state index in [1.54, 1.807) is 0 Å². The average molecular weight is 329 g/mol. The van der Waals surface area contributed by atoms with Crippen molar-refractivity contribution < 1.29 is 9.22 Å². The molecule has 0 saturated carbocycles. The summed E-state index contributed by atoms with van der Waals surface area (Å²) in [7, 11) is -1.71. The summed E-state index contributed by atoms with van der Waals surface area (Å²) in [5.74, 6) is 0. The molecule has 0 saturated heterocycles. The van der Waals surface area contributed by atoms with Crippen molar-refractivity contribution in [2.24, 2.45) is 0 Å². The minimum Gasteiger partial charge on any atom is -0.413 e. The summed E-state index contributed by atoms with van der Waals surface area (Å²) in [6.45, 7) is 12.0. The van der Waals surface area contributed by atoms with E-state index >= 15 is 0 Å². The summed E-state index contributed by atoms with van der Waals surface area (Å²) < 4.78 is 6.31. The van der Waals surface area contributed by atoms with Crippen LogP contribution in [0, 0.1) is 0 Å². The maximum atomic E-state index is 10.5. The van der Waals surface area contributed by atoms with E-state index < -0.39 is 8.32 Å². The zero-order valence-corrected chi connectivity index (χ0v) is 16.0. The fraction of sp³-hybridized carbons (Fsp3) is 0.450. The van der Waals surface area contributed by atoms with Crippen LogP contribution in [0.2, 0.25) is 18.1 Å². The zero-order valence-electron chi connectivity index (χ0n) is 15.0. The predicted octanol–water partition coefficient (Wildman–Crippen LogP) is 5.49. The highest BCUT2D eigenvalue weighted by Gasteiger charge is 2.36. The number of rotatable bonds is 6. The van der Waals surface area contributed by atoms with Gasteiger partial charge in [0.25, 0.3) is 0 Å². The SMILES string of the molecule is CC(C)(C)[Si](C)(C)OCc1ccc2cc(CCC=O)ccc2c1. The van der Waals surface area contributed by atoms with E-state index in [9.17, 15) is 4.79 Å². The van der Waals surface area contributed by atoms with E-state index in [2.05, 4.69) is 70.3 Å². The van der Waals surface area contributed by atoms with E-state index in [-0.39, 0.29) is 5.04 Å². The van der Waals surface area contributed by atoms with Crippen molar-refractivity contribution >= 4 is 25.4 Å². The predicted molar refractivity (Wildman–Crippen MR) is 100 cm³/mol. The van der Waals surface area contributed by atoms with Crippen LogP contribution in [0.1, 0.15) is 38.3 Å². The van der Waals surface area contributed by atoms with Crippen molar-refractivity contribution in [1.29, 1.82) is 0 Å². The maximum Gasteiger partial charge on any atom is 0.192 e. The number of aldehydes is 1. The summed E-state index contributed by atoms with van der Waals surface area (Å²) in [6, 6.07) is 13.0. The molecule has 0 bridgehead atoms. The molecule has 0 aliphatic carbocycles. The molecule has 0 radical (unpaired) electrons. The lowest BCUT2D eigenvalue weighted by Crippen LogP contribution is -2.40. The van der Waals surface area contributed by atoms with Crippen molar-refractivity contribution in [1.82, 2.24) is 0 Å². The van der Waals surface area contributed by atoms with Gasteiger partial charge in [-0.2, -0.15) is 0 Å². The van der Waals surface area contributed by atoms with E-state index in [1.807, 2.05) is 0 Å². The Balaban J connectivity index is 2.13. The first-order valence-corrected chi connectivity index (χ1v) is 11.2. The highest BCUT2D eigenvalue weighted by atomic mass is 28.4. The monoisotopic (exact) mass is 328 g/mol. The molecule has 0 unspecified atom stereocenters. The molecule has 0 aliphatic rings. The van der Waals surface area contributed by atoms with Crippen LogP contribution >= 0.6 is 0 Å². The number of benzene rings is 2. The minimum atomic E-state index is -1.71. The number of carbonyl (C=O) groups is 1. The Morgan fingerprint density at radius 2 is 1.57 bits per heavy atom. The molecule has 0 heterocycles. The van der Waals surface area contributed by atoms with Crippen LogP contribution in [-0.2, 0) is 22.2 Å². The molecule has 0 fully saturated rings. The van der Waals surface area contributed by atoms with Crippen LogP contribution in [0.5, 0.6) is 0 Å². The average Bonchev–Trinajstić information content (AvgIpc) is 2.49. The molecule has 0 atom stereocenters. The molecule has 2 nitrogen and oxygen atoms in total. The normalized spacial score (nSPS) is 12.6. The van der Waals surface area contributed by atoms with E-state index in [0.717, 1.165) is 12.7 Å². The third-order valence-electron chi connectivity index (χ3n) is 4.93. The Morgan fingerprint density at radius 1 is 1.00 bits per heavy atom. The number of carbonyl (C=O) groups excluding carboxylic acids is 1. The number of aryl methyl sites for hydroxylation is 1. The second-order valence-corrected chi connectivity index (χ2v) is 12.6. The van der Waals surface area contributed by atoms with Crippen LogP contribution in [0.15, 0.2) is 36.4 Å². The number of fused-ring (bicyclic) bond motifs is 1. The van der Waals surface area contributed by atoms with Gasteiger partial charge in [-0.05, 0) is 52.5 Å². The van der Waals surface area contributed by atoms with Crippen molar-refractivity contribution in [2.45, 2.75) is 58.4 Å². The fourth-order valence-electron chi connectivity index (χ4n) is 2.30. The molecule has 0 aromatic heterocycles. The Hall–Kier alpha value is -1.45. The highest BCUT2D eigenvalue weighted by molar-refractivity contribution is 6.74. The first-order valence-electron chi connectivity index (χ1n) is 8.32. The van der Waals surface area contributed by atoms with Crippen LogP contribution in [0.25, 0.3) is 10.8 Å². The van der Waals surface area contributed by atoms with Gasteiger partial charge in [0.1, 0.15) is 6.29 Å². The first-order chi connectivity index (χ1) is 10.7. The van der Waals surface area contributed by atoms with Gasteiger partial charge in [0.05, 0.1) is 6.61 Å². The van der Waals surface area contributed by atoms with Gasteiger partial charge in [0.2, 0.25) is 0 Å². The van der Waals surface area contributed by atoms with Gasteiger partial charge < -0.3 is 9.22 Å². The summed E-state index contributed by atoms with van der Waals surface area (Å²) in [6.07, 6.45) is 2.38. The molecule has 23 heavy (non-hydrogen) atoms. The lowest BCUT2D eigenvalue weighted by molar-refractivity contribution is -0.107. The largest absolute Gasteiger partial charge is 0.413 e. The Morgan fingerprint density at radius 3 is 2.13 bits per heavy atom. The first kappa shape index (κ1) is 17.9. The van der Waals surface area contributed by atoms with Gasteiger partial charge in [0, 0.05) is 6.42 Å². The number of hydrogen-bond acceptors (Lipinski definition) is 2. The van der Waals surface area contributed by atoms with Gasteiger partial charge in [-0.3, -0.25) is 0 Å². The molecule has 3 heteroatoms. The fourth-order valence-corrected chi connectivity index (χ4v) is 3.26. The second kappa shape index (κ2) is 6.98. The van der Waals surface area contributed by atoms with Crippen molar-refractivity contribution in [3.63, 3.8) is 0 Å². The van der Waals surface area contributed by atoms with Crippen LogP contribution < -0.4 is 0 Å². The van der Waals surface area contributed by atoms with Crippen molar-refractivity contribution in [3.8, 4) is 0 Å².